The quantitative estimate of drug-likeness (QED) is 0.562. The summed E-state index contributed by atoms with van der Waals surface area (Å²) >= 11 is 0. The lowest BCUT2D eigenvalue weighted by molar-refractivity contribution is 0.104. The summed E-state index contributed by atoms with van der Waals surface area (Å²) in [7, 11) is 0. The number of benzene rings is 3. The van der Waals surface area contributed by atoms with Crippen molar-refractivity contribution in [2.45, 2.75) is 0 Å². The van der Waals surface area contributed by atoms with Crippen molar-refractivity contribution in [3.8, 4) is 28.0 Å². The van der Waals surface area contributed by atoms with Gasteiger partial charge < -0.3 is 5.11 Å². The van der Waals surface area contributed by atoms with E-state index in [1.807, 2.05) is 54.6 Å². The van der Waals surface area contributed by atoms with E-state index in [0.717, 1.165) is 33.4 Å². The zero-order chi connectivity index (χ0) is 14.4. The second-order valence-electron chi connectivity index (χ2n) is 5.15. The highest BCUT2D eigenvalue weighted by Gasteiger charge is 2.28. The first kappa shape index (κ1) is 11.9. The number of phenolic OH excluding ortho intramolecular Hbond substituents is 1. The van der Waals surface area contributed by atoms with Crippen molar-refractivity contribution in [3.63, 3.8) is 0 Å². The van der Waals surface area contributed by atoms with Gasteiger partial charge in [0.2, 0.25) is 0 Å². The lowest BCUT2D eigenvalue weighted by Crippen LogP contribution is -1.97. The molecule has 0 aromatic heterocycles. The largest absolute Gasteiger partial charge is 0.508 e. The van der Waals surface area contributed by atoms with E-state index in [-0.39, 0.29) is 11.5 Å². The van der Waals surface area contributed by atoms with E-state index in [1.54, 1.807) is 12.1 Å². The Labute approximate surface area is 122 Å². The van der Waals surface area contributed by atoms with Crippen LogP contribution in [0.1, 0.15) is 15.9 Å². The maximum Gasteiger partial charge on any atom is 0.194 e. The SMILES string of the molecule is O=C1c2ccccc2-c2cccc(-c3ccc(O)cc3)c21. The Balaban J connectivity index is 1.98. The number of fused-ring (bicyclic) bond motifs is 3. The topological polar surface area (TPSA) is 37.3 Å². The third kappa shape index (κ3) is 1.69. The molecule has 1 N–H and O–H groups in total. The molecule has 0 amide bonds. The van der Waals surface area contributed by atoms with Gasteiger partial charge in [0.25, 0.3) is 0 Å². The van der Waals surface area contributed by atoms with Crippen molar-refractivity contribution in [2.75, 3.05) is 0 Å². The molecule has 2 heteroatoms. The number of hydrogen-bond donors (Lipinski definition) is 1. The smallest absolute Gasteiger partial charge is 0.194 e. The maximum atomic E-state index is 12.7. The molecule has 0 atom stereocenters. The Kier molecular flexibility index (Phi) is 2.45. The monoisotopic (exact) mass is 272 g/mol. The second-order valence-corrected chi connectivity index (χ2v) is 5.15. The Bertz CT molecular complexity index is 861. The van der Waals surface area contributed by atoms with Crippen LogP contribution < -0.4 is 0 Å². The van der Waals surface area contributed by atoms with Crippen LogP contribution >= 0.6 is 0 Å². The highest BCUT2D eigenvalue weighted by atomic mass is 16.3. The van der Waals surface area contributed by atoms with Crippen LogP contribution in [0.15, 0.2) is 66.7 Å². The van der Waals surface area contributed by atoms with Crippen LogP contribution in [-0.4, -0.2) is 10.9 Å². The first-order valence-electron chi connectivity index (χ1n) is 6.82. The van der Waals surface area contributed by atoms with Crippen molar-refractivity contribution in [3.05, 3.63) is 77.9 Å². The van der Waals surface area contributed by atoms with Crippen molar-refractivity contribution in [2.24, 2.45) is 0 Å². The fourth-order valence-electron chi connectivity index (χ4n) is 2.95. The Morgan fingerprint density at radius 3 is 2.00 bits per heavy atom. The first-order valence-corrected chi connectivity index (χ1v) is 6.82. The molecule has 0 bridgehead atoms. The molecule has 0 saturated heterocycles. The van der Waals surface area contributed by atoms with E-state index in [1.165, 1.54) is 0 Å². The predicted molar refractivity (Wildman–Crippen MR) is 82.4 cm³/mol. The summed E-state index contributed by atoms with van der Waals surface area (Å²) in [6, 6.07) is 20.6. The van der Waals surface area contributed by atoms with Crippen LogP contribution in [0.3, 0.4) is 0 Å². The summed E-state index contributed by atoms with van der Waals surface area (Å²) in [5.41, 5.74) is 5.35. The van der Waals surface area contributed by atoms with Gasteiger partial charge in [-0.15, -0.1) is 0 Å². The average molecular weight is 272 g/mol. The van der Waals surface area contributed by atoms with Gasteiger partial charge in [-0.2, -0.15) is 0 Å². The van der Waals surface area contributed by atoms with Crippen LogP contribution in [0, 0.1) is 0 Å². The minimum atomic E-state index is 0.0734. The molecule has 0 aliphatic heterocycles. The fraction of sp³-hybridized carbons (Fsp3) is 0. The van der Waals surface area contributed by atoms with E-state index in [9.17, 15) is 9.90 Å². The van der Waals surface area contributed by atoms with Crippen LogP contribution in [0.2, 0.25) is 0 Å². The molecule has 0 unspecified atom stereocenters. The number of ketones is 1. The van der Waals surface area contributed by atoms with Crippen molar-refractivity contribution < 1.29 is 9.90 Å². The molecule has 100 valence electrons. The molecule has 0 spiro atoms. The van der Waals surface area contributed by atoms with Crippen LogP contribution in [0.5, 0.6) is 5.75 Å². The van der Waals surface area contributed by atoms with Gasteiger partial charge in [-0.3, -0.25) is 4.79 Å². The first-order chi connectivity index (χ1) is 10.3. The van der Waals surface area contributed by atoms with Crippen molar-refractivity contribution in [1.29, 1.82) is 0 Å². The summed E-state index contributed by atoms with van der Waals surface area (Å²) in [5, 5.41) is 9.42. The van der Waals surface area contributed by atoms with Gasteiger partial charge in [0.15, 0.2) is 5.78 Å². The highest BCUT2D eigenvalue weighted by Crippen LogP contribution is 2.41. The molecule has 0 radical (unpaired) electrons. The van der Waals surface area contributed by atoms with Gasteiger partial charge in [0, 0.05) is 11.1 Å². The summed E-state index contributed by atoms with van der Waals surface area (Å²) in [6.07, 6.45) is 0. The summed E-state index contributed by atoms with van der Waals surface area (Å²) in [5.74, 6) is 0.296. The second kappa shape index (κ2) is 4.32. The standard InChI is InChI=1S/C19H12O2/c20-13-10-8-12(9-11-13)14-6-3-7-16-15-4-1-2-5-17(15)19(21)18(14)16/h1-11,20H. The molecule has 2 nitrogen and oxygen atoms in total. The molecular formula is C19H12O2. The predicted octanol–water partition coefficient (Wildman–Crippen LogP) is 4.27. The van der Waals surface area contributed by atoms with E-state index >= 15 is 0 Å². The van der Waals surface area contributed by atoms with Gasteiger partial charge in [0.1, 0.15) is 5.75 Å². The van der Waals surface area contributed by atoms with Gasteiger partial charge in [0.05, 0.1) is 0 Å². The van der Waals surface area contributed by atoms with Gasteiger partial charge in [-0.1, -0.05) is 54.6 Å². The zero-order valence-electron chi connectivity index (χ0n) is 11.2. The van der Waals surface area contributed by atoms with Crippen molar-refractivity contribution >= 4 is 5.78 Å². The van der Waals surface area contributed by atoms with Gasteiger partial charge >= 0.3 is 0 Å². The third-order valence-corrected chi connectivity index (χ3v) is 3.93. The van der Waals surface area contributed by atoms with Crippen LogP contribution in [-0.2, 0) is 0 Å². The molecule has 21 heavy (non-hydrogen) atoms. The Morgan fingerprint density at radius 1 is 0.619 bits per heavy atom. The Hall–Kier alpha value is -2.87. The molecular weight excluding hydrogens is 260 g/mol. The number of rotatable bonds is 1. The normalized spacial score (nSPS) is 12.1. The van der Waals surface area contributed by atoms with Gasteiger partial charge in [-0.05, 0) is 34.4 Å². The number of carbonyl (C=O) groups is 1. The number of aromatic hydroxyl groups is 1. The number of carbonyl (C=O) groups excluding carboxylic acids is 1. The molecule has 0 fully saturated rings. The summed E-state index contributed by atoms with van der Waals surface area (Å²) in [6.45, 7) is 0. The molecule has 1 aliphatic rings. The summed E-state index contributed by atoms with van der Waals surface area (Å²) in [4.78, 5) is 12.7. The van der Waals surface area contributed by atoms with E-state index in [0.29, 0.717) is 0 Å². The zero-order valence-corrected chi connectivity index (χ0v) is 11.2. The van der Waals surface area contributed by atoms with Crippen LogP contribution in [0.4, 0.5) is 0 Å². The summed E-state index contributed by atoms with van der Waals surface area (Å²) < 4.78 is 0. The highest BCUT2D eigenvalue weighted by molar-refractivity contribution is 6.24. The number of phenols is 1. The average Bonchev–Trinajstić information content (AvgIpc) is 2.82. The minimum Gasteiger partial charge on any atom is -0.508 e. The van der Waals surface area contributed by atoms with E-state index in [4.69, 9.17) is 0 Å². The van der Waals surface area contributed by atoms with E-state index < -0.39 is 0 Å². The molecule has 3 aromatic rings. The molecule has 3 aromatic carbocycles. The number of hydrogen-bond acceptors (Lipinski definition) is 2. The van der Waals surface area contributed by atoms with E-state index in [2.05, 4.69) is 0 Å². The van der Waals surface area contributed by atoms with Gasteiger partial charge in [-0.25, -0.2) is 0 Å². The Morgan fingerprint density at radius 2 is 1.24 bits per heavy atom. The third-order valence-electron chi connectivity index (χ3n) is 3.93. The fourth-order valence-corrected chi connectivity index (χ4v) is 2.95. The van der Waals surface area contributed by atoms with Crippen molar-refractivity contribution in [1.82, 2.24) is 0 Å². The molecule has 4 rings (SSSR count). The van der Waals surface area contributed by atoms with Crippen LogP contribution in [0.25, 0.3) is 22.3 Å². The minimum absolute atomic E-state index is 0.0734. The maximum absolute atomic E-state index is 12.7. The lowest BCUT2D eigenvalue weighted by Gasteiger charge is -2.08. The lowest BCUT2D eigenvalue weighted by atomic mass is 9.95. The molecule has 0 saturated carbocycles. The molecule has 1 aliphatic carbocycles. The molecule has 0 heterocycles.